The molecule has 1 heterocycles. The van der Waals surface area contributed by atoms with Gasteiger partial charge in [-0.15, -0.1) is 0 Å². The van der Waals surface area contributed by atoms with Crippen LogP contribution in [0.3, 0.4) is 0 Å². The molecule has 32 heavy (non-hydrogen) atoms. The second-order valence-electron chi connectivity index (χ2n) is 7.03. The summed E-state index contributed by atoms with van der Waals surface area (Å²) in [6, 6.07) is 9.78. The van der Waals surface area contributed by atoms with E-state index in [1.54, 1.807) is 24.3 Å². The number of hydrogen-bond donors (Lipinski definition) is 0. The number of benzene rings is 2. The number of methoxy groups -OCH3 is 1. The highest BCUT2D eigenvalue weighted by Gasteiger charge is 2.30. The Morgan fingerprint density at radius 1 is 1.16 bits per heavy atom. The number of halogens is 2. The van der Waals surface area contributed by atoms with E-state index in [4.69, 9.17) is 16.3 Å². The number of carbonyl (C=O) groups excluding carboxylic acids is 2. The number of rotatable bonds is 7. The highest BCUT2D eigenvalue weighted by Crippen LogP contribution is 2.23. The molecule has 0 aromatic heterocycles. The Bertz CT molecular complexity index is 1090. The van der Waals surface area contributed by atoms with Gasteiger partial charge in [-0.2, -0.15) is 4.31 Å². The third-order valence-electron chi connectivity index (χ3n) is 4.89. The summed E-state index contributed by atoms with van der Waals surface area (Å²) in [5.74, 6) is -2.27. The number of carbonyl (C=O) groups is 2. The van der Waals surface area contributed by atoms with Crippen molar-refractivity contribution in [1.82, 2.24) is 9.21 Å². The zero-order valence-corrected chi connectivity index (χ0v) is 18.9. The molecule has 0 unspecified atom stereocenters. The van der Waals surface area contributed by atoms with Gasteiger partial charge >= 0.3 is 5.97 Å². The van der Waals surface area contributed by atoms with Crippen LogP contribution < -0.4 is 0 Å². The zero-order valence-electron chi connectivity index (χ0n) is 17.3. The topological polar surface area (TPSA) is 93.2 Å². The van der Waals surface area contributed by atoms with Gasteiger partial charge in [-0.05, 0) is 35.9 Å². The highest BCUT2D eigenvalue weighted by atomic mass is 35.5. The predicted octanol–water partition coefficient (Wildman–Crippen LogP) is 2.32. The molecule has 0 spiro atoms. The minimum Gasteiger partial charge on any atom is -0.468 e. The van der Waals surface area contributed by atoms with Crippen molar-refractivity contribution in [2.24, 2.45) is 0 Å². The molecule has 1 fully saturated rings. The van der Waals surface area contributed by atoms with Gasteiger partial charge in [0.05, 0.1) is 20.3 Å². The van der Waals surface area contributed by atoms with E-state index in [1.165, 1.54) is 18.1 Å². The number of hydrogen-bond acceptors (Lipinski definition) is 6. The predicted molar refractivity (Wildman–Crippen MR) is 114 cm³/mol. The Hall–Kier alpha value is -2.53. The Kier molecular flexibility index (Phi) is 7.83. The van der Waals surface area contributed by atoms with Gasteiger partial charge in [0, 0.05) is 30.2 Å². The molecule has 11 heteroatoms. The van der Waals surface area contributed by atoms with Crippen molar-refractivity contribution in [2.45, 2.75) is 11.4 Å². The summed E-state index contributed by atoms with van der Waals surface area (Å²) >= 11 is 5.89. The smallest absolute Gasteiger partial charge is 0.325 e. The van der Waals surface area contributed by atoms with Crippen molar-refractivity contribution in [1.29, 1.82) is 0 Å². The first-order valence-corrected chi connectivity index (χ1v) is 11.5. The van der Waals surface area contributed by atoms with Gasteiger partial charge in [-0.3, -0.25) is 9.59 Å². The average Bonchev–Trinajstić information content (AvgIpc) is 2.80. The highest BCUT2D eigenvalue weighted by molar-refractivity contribution is 7.89. The summed E-state index contributed by atoms with van der Waals surface area (Å²) in [5, 5.41) is 0.510. The molecular weight excluding hydrogens is 463 g/mol. The van der Waals surface area contributed by atoms with Crippen molar-refractivity contribution in [3.05, 3.63) is 64.4 Å². The lowest BCUT2D eigenvalue weighted by Gasteiger charge is -2.26. The average molecular weight is 485 g/mol. The van der Waals surface area contributed by atoms with Gasteiger partial charge in [0.1, 0.15) is 17.3 Å². The van der Waals surface area contributed by atoms with Crippen LogP contribution in [0.1, 0.15) is 15.9 Å². The molecule has 1 aliphatic rings. The van der Waals surface area contributed by atoms with Crippen LogP contribution in [-0.2, 0) is 30.8 Å². The first-order chi connectivity index (χ1) is 15.2. The SMILES string of the molecule is COC(=O)CN(Cc1ccc(Cl)cc1)C(=O)c1ccc(F)c(S(=O)(=O)N2CCOCC2)c1. The summed E-state index contributed by atoms with van der Waals surface area (Å²) in [4.78, 5) is 25.6. The molecule has 0 N–H and O–H groups in total. The number of morpholine rings is 1. The molecular formula is C21H22ClFN2O6S. The van der Waals surface area contributed by atoms with E-state index < -0.39 is 32.6 Å². The summed E-state index contributed by atoms with van der Waals surface area (Å²) in [7, 11) is -2.97. The number of amides is 1. The molecule has 0 aliphatic carbocycles. The van der Waals surface area contributed by atoms with Gasteiger partial charge in [0.15, 0.2) is 0 Å². The molecule has 1 aliphatic heterocycles. The second-order valence-corrected chi connectivity index (χ2v) is 9.37. The standard InChI is InChI=1S/C21H22ClFN2O6S/c1-30-20(26)14-24(13-15-2-5-17(22)6-3-15)21(27)16-4-7-18(23)19(12-16)32(28,29)25-8-10-31-11-9-25/h2-7,12H,8-11,13-14H2,1H3. The maximum absolute atomic E-state index is 14.5. The van der Waals surface area contributed by atoms with Gasteiger partial charge in [-0.25, -0.2) is 12.8 Å². The molecule has 1 saturated heterocycles. The lowest BCUT2D eigenvalue weighted by molar-refractivity contribution is -0.141. The van der Waals surface area contributed by atoms with Crippen LogP contribution in [0.5, 0.6) is 0 Å². The number of ether oxygens (including phenoxy) is 2. The van der Waals surface area contributed by atoms with Crippen LogP contribution in [0.25, 0.3) is 0 Å². The van der Waals surface area contributed by atoms with E-state index in [2.05, 4.69) is 4.74 Å². The summed E-state index contributed by atoms with van der Waals surface area (Å²) in [6.45, 7) is 0.242. The maximum atomic E-state index is 14.5. The molecule has 0 bridgehead atoms. The molecule has 8 nitrogen and oxygen atoms in total. The van der Waals surface area contributed by atoms with Crippen LogP contribution >= 0.6 is 11.6 Å². The zero-order chi connectivity index (χ0) is 23.3. The Morgan fingerprint density at radius 2 is 1.81 bits per heavy atom. The first kappa shape index (κ1) is 24.1. The summed E-state index contributed by atoms with van der Waals surface area (Å²) in [5.41, 5.74) is 0.617. The van der Waals surface area contributed by atoms with Crippen molar-refractivity contribution in [3.63, 3.8) is 0 Å². The molecule has 172 valence electrons. The van der Waals surface area contributed by atoms with E-state index in [9.17, 15) is 22.4 Å². The van der Waals surface area contributed by atoms with Crippen LogP contribution in [0.2, 0.25) is 5.02 Å². The van der Waals surface area contributed by atoms with E-state index >= 15 is 0 Å². The summed E-state index contributed by atoms with van der Waals surface area (Å²) in [6.07, 6.45) is 0. The van der Waals surface area contributed by atoms with Gasteiger partial charge < -0.3 is 14.4 Å². The van der Waals surface area contributed by atoms with Gasteiger partial charge in [0.2, 0.25) is 10.0 Å². The van der Waals surface area contributed by atoms with E-state index in [-0.39, 0.29) is 45.0 Å². The quantitative estimate of drug-likeness (QED) is 0.560. The molecule has 1 amide bonds. The lowest BCUT2D eigenvalue weighted by atomic mass is 10.1. The Labute approximate surface area is 190 Å². The van der Waals surface area contributed by atoms with Crippen molar-refractivity contribution in [2.75, 3.05) is 40.0 Å². The van der Waals surface area contributed by atoms with Gasteiger partial charge in [-0.1, -0.05) is 23.7 Å². The van der Waals surface area contributed by atoms with E-state index in [1.807, 2.05) is 0 Å². The first-order valence-electron chi connectivity index (χ1n) is 9.70. The maximum Gasteiger partial charge on any atom is 0.325 e. The Balaban J connectivity index is 1.92. The second kappa shape index (κ2) is 10.4. The molecule has 0 atom stereocenters. The number of esters is 1. The number of nitrogens with zero attached hydrogens (tertiary/aromatic N) is 2. The molecule has 2 aromatic rings. The van der Waals surface area contributed by atoms with Crippen molar-refractivity contribution in [3.8, 4) is 0 Å². The fourth-order valence-electron chi connectivity index (χ4n) is 3.17. The van der Waals surface area contributed by atoms with Crippen LogP contribution in [0.15, 0.2) is 47.4 Å². The molecule has 2 aromatic carbocycles. The third-order valence-corrected chi connectivity index (χ3v) is 7.05. The minimum atomic E-state index is -4.16. The van der Waals surface area contributed by atoms with Crippen LogP contribution in [-0.4, -0.2) is 69.5 Å². The third kappa shape index (κ3) is 5.63. The van der Waals surface area contributed by atoms with Crippen LogP contribution in [0, 0.1) is 5.82 Å². The molecule has 3 rings (SSSR count). The van der Waals surface area contributed by atoms with Crippen molar-refractivity contribution < 1.29 is 31.9 Å². The fraction of sp³-hybridized carbons (Fsp3) is 0.333. The van der Waals surface area contributed by atoms with Gasteiger partial charge in [0.25, 0.3) is 5.91 Å². The van der Waals surface area contributed by atoms with Crippen LogP contribution in [0.4, 0.5) is 4.39 Å². The number of sulfonamides is 1. The van der Waals surface area contributed by atoms with E-state index in [0.29, 0.717) is 10.6 Å². The lowest BCUT2D eigenvalue weighted by Crippen LogP contribution is -2.41. The monoisotopic (exact) mass is 484 g/mol. The summed E-state index contributed by atoms with van der Waals surface area (Å²) < 4.78 is 51.3. The largest absolute Gasteiger partial charge is 0.468 e. The molecule has 0 radical (unpaired) electrons. The van der Waals surface area contributed by atoms with E-state index in [0.717, 1.165) is 16.4 Å². The normalized spacial score (nSPS) is 14.7. The van der Waals surface area contributed by atoms with Crippen molar-refractivity contribution >= 4 is 33.5 Å². The minimum absolute atomic E-state index is 0.0357. The molecule has 0 saturated carbocycles. The fourth-order valence-corrected chi connectivity index (χ4v) is 4.80. The Morgan fingerprint density at radius 3 is 2.44 bits per heavy atom.